The van der Waals surface area contributed by atoms with Gasteiger partial charge in [-0.2, -0.15) is 5.10 Å². The van der Waals surface area contributed by atoms with Gasteiger partial charge in [-0.05, 0) is 36.8 Å². The van der Waals surface area contributed by atoms with Gasteiger partial charge in [0.05, 0.1) is 32.4 Å². The Kier molecular flexibility index (Phi) is 5.38. The molecule has 0 aliphatic heterocycles. The second-order valence-corrected chi connectivity index (χ2v) is 5.57. The van der Waals surface area contributed by atoms with Crippen LogP contribution in [0.15, 0.2) is 42.5 Å². The highest BCUT2D eigenvalue weighted by Gasteiger charge is 2.18. The number of H-pyrrole nitrogens is 1. The largest absolute Gasteiger partial charge is 0.496 e. The van der Waals surface area contributed by atoms with Crippen LogP contribution in [0, 0.1) is 0 Å². The Labute approximate surface area is 152 Å². The number of aromatic nitrogens is 3. The fourth-order valence-corrected chi connectivity index (χ4v) is 2.67. The topological polar surface area (TPSA) is 95.3 Å². The van der Waals surface area contributed by atoms with Crippen molar-refractivity contribution in [3.05, 3.63) is 53.9 Å². The number of ether oxygens (including phenoxy) is 3. The number of nitrogens with zero attached hydrogens (tertiary/aromatic N) is 2. The van der Waals surface area contributed by atoms with E-state index < -0.39 is 6.04 Å². The molecule has 0 fully saturated rings. The molecule has 3 aromatic rings. The molecule has 0 amide bonds. The summed E-state index contributed by atoms with van der Waals surface area (Å²) >= 11 is 0. The van der Waals surface area contributed by atoms with E-state index in [2.05, 4.69) is 15.2 Å². The van der Waals surface area contributed by atoms with Crippen LogP contribution in [0.4, 0.5) is 0 Å². The van der Waals surface area contributed by atoms with Gasteiger partial charge in [-0.1, -0.05) is 18.2 Å². The zero-order valence-electron chi connectivity index (χ0n) is 15.0. The van der Waals surface area contributed by atoms with Crippen molar-refractivity contribution in [3.63, 3.8) is 0 Å². The van der Waals surface area contributed by atoms with Gasteiger partial charge >= 0.3 is 0 Å². The van der Waals surface area contributed by atoms with Crippen molar-refractivity contribution in [1.82, 2.24) is 15.2 Å². The maximum atomic E-state index is 6.36. The maximum Gasteiger partial charge on any atom is 0.184 e. The van der Waals surface area contributed by atoms with Crippen LogP contribution in [-0.4, -0.2) is 36.0 Å². The molecule has 1 aromatic heterocycles. The summed E-state index contributed by atoms with van der Waals surface area (Å²) in [7, 11) is 3.21. The van der Waals surface area contributed by atoms with Gasteiger partial charge in [0.2, 0.25) is 0 Å². The average molecular weight is 354 g/mol. The summed E-state index contributed by atoms with van der Waals surface area (Å²) in [5, 5.41) is 7.20. The van der Waals surface area contributed by atoms with E-state index in [0.29, 0.717) is 35.5 Å². The predicted molar refractivity (Wildman–Crippen MR) is 98.6 cm³/mol. The molecule has 0 saturated carbocycles. The number of para-hydroxylation sites is 1. The molecular formula is C19H22N4O3. The molecule has 1 atom stereocenters. The van der Waals surface area contributed by atoms with Crippen molar-refractivity contribution in [2.24, 2.45) is 5.73 Å². The molecule has 0 unspecified atom stereocenters. The first-order chi connectivity index (χ1) is 12.7. The van der Waals surface area contributed by atoms with Crippen molar-refractivity contribution in [1.29, 1.82) is 0 Å². The fraction of sp³-hybridized carbons (Fsp3) is 0.263. The summed E-state index contributed by atoms with van der Waals surface area (Å²) in [6, 6.07) is 12.7. The highest BCUT2D eigenvalue weighted by molar-refractivity contribution is 5.63. The maximum absolute atomic E-state index is 6.36. The summed E-state index contributed by atoms with van der Waals surface area (Å²) < 4.78 is 16.3. The molecule has 7 heteroatoms. The Bertz CT molecular complexity index is 879. The Morgan fingerprint density at radius 1 is 1.04 bits per heavy atom. The molecule has 0 saturated heterocycles. The van der Waals surface area contributed by atoms with Gasteiger partial charge in [-0.25, -0.2) is 4.98 Å². The van der Waals surface area contributed by atoms with E-state index in [4.69, 9.17) is 19.9 Å². The lowest BCUT2D eigenvalue weighted by molar-refractivity contribution is 0.310. The molecule has 0 spiro atoms. The second-order valence-electron chi connectivity index (χ2n) is 5.57. The number of benzene rings is 2. The Hall–Kier alpha value is -3.06. The van der Waals surface area contributed by atoms with Crippen LogP contribution < -0.4 is 19.9 Å². The smallest absolute Gasteiger partial charge is 0.184 e. The number of nitrogens with two attached hydrogens (primary N) is 1. The Balaban J connectivity index is 1.89. The van der Waals surface area contributed by atoms with Gasteiger partial charge in [0, 0.05) is 0 Å². The summed E-state index contributed by atoms with van der Waals surface area (Å²) in [4.78, 5) is 4.54. The molecule has 7 nitrogen and oxygen atoms in total. The fourth-order valence-electron chi connectivity index (χ4n) is 2.67. The van der Waals surface area contributed by atoms with Gasteiger partial charge < -0.3 is 19.9 Å². The first-order valence-corrected chi connectivity index (χ1v) is 8.30. The van der Waals surface area contributed by atoms with Crippen LogP contribution in [0.5, 0.6) is 17.2 Å². The summed E-state index contributed by atoms with van der Waals surface area (Å²) in [5.74, 6) is 3.10. The molecule has 0 radical (unpaired) electrons. The second kappa shape index (κ2) is 7.88. The van der Waals surface area contributed by atoms with Gasteiger partial charge in [-0.15, -0.1) is 0 Å². The predicted octanol–water partition coefficient (Wildman–Crippen LogP) is 2.94. The van der Waals surface area contributed by atoms with E-state index >= 15 is 0 Å². The molecule has 26 heavy (non-hydrogen) atoms. The minimum absolute atomic E-state index is 0.476. The van der Waals surface area contributed by atoms with Gasteiger partial charge in [0.25, 0.3) is 0 Å². The van der Waals surface area contributed by atoms with Crippen LogP contribution in [0.2, 0.25) is 0 Å². The standard InChI is InChI=1S/C19H22N4O3/c1-4-26-15-10-9-12(11-16(15)25-3)17(20)19-21-18(22-23-19)13-7-5-6-8-14(13)24-2/h5-11,17H,4,20H2,1-3H3,(H,21,22,23)/t17-/m1/s1. The van der Waals surface area contributed by atoms with Crippen molar-refractivity contribution >= 4 is 0 Å². The molecule has 3 rings (SSSR count). The lowest BCUT2D eigenvalue weighted by atomic mass is 10.1. The van der Waals surface area contributed by atoms with Gasteiger partial charge in [-0.3, -0.25) is 5.10 Å². The van der Waals surface area contributed by atoms with Crippen LogP contribution >= 0.6 is 0 Å². The molecule has 0 aliphatic carbocycles. The van der Waals surface area contributed by atoms with E-state index in [0.717, 1.165) is 11.1 Å². The zero-order chi connectivity index (χ0) is 18.5. The third-order valence-electron chi connectivity index (χ3n) is 3.99. The molecule has 1 heterocycles. The third kappa shape index (κ3) is 3.48. The van der Waals surface area contributed by atoms with Crippen LogP contribution in [-0.2, 0) is 0 Å². The number of methoxy groups -OCH3 is 2. The lowest BCUT2D eigenvalue weighted by Crippen LogP contribution is -2.14. The molecule has 136 valence electrons. The SMILES string of the molecule is CCOc1ccc([C@@H](N)c2nc(-c3ccccc3OC)n[nH]2)cc1OC. The van der Waals surface area contributed by atoms with Crippen molar-refractivity contribution in [3.8, 4) is 28.6 Å². The summed E-state index contributed by atoms with van der Waals surface area (Å²) in [6.45, 7) is 2.49. The Morgan fingerprint density at radius 3 is 2.54 bits per heavy atom. The minimum Gasteiger partial charge on any atom is -0.496 e. The van der Waals surface area contributed by atoms with Crippen molar-refractivity contribution < 1.29 is 14.2 Å². The van der Waals surface area contributed by atoms with E-state index in [9.17, 15) is 0 Å². The highest BCUT2D eigenvalue weighted by atomic mass is 16.5. The minimum atomic E-state index is -0.476. The van der Waals surface area contributed by atoms with Gasteiger partial charge in [0.15, 0.2) is 17.3 Å². The summed E-state index contributed by atoms with van der Waals surface area (Å²) in [6.07, 6.45) is 0. The summed E-state index contributed by atoms with van der Waals surface area (Å²) in [5.41, 5.74) is 8.01. The number of hydrogen-bond donors (Lipinski definition) is 2. The zero-order valence-corrected chi connectivity index (χ0v) is 15.0. The van der Waals surface area contributed by atoms with E-state index in [-0.39, 0.29) is 0 Å². The number of hydrogen-bond acceptors (Lipinski definition) is 6. The first kappa shape index (κ1) is 17.8. The van der Waals surface area contributed by atoms with Crippen molar-refractivity contribution in [2.75, 3.05) is 20.8 Å². The first-order valence-electron chi connectivity index (χ1n) is 8.30. The van der Waals surface area contributed by atoms with Crippen LogP contribution in [0.25, 0.3) is 11.4 Å². The number of nitrogens with one attached hydrogen (secondary N) is 1. The third-order valence-corrected chi connectivity index (χ3v) is 3.99. The molecule has 2 aromatic carbocycles. The normalized spacial score (nSPS) is 11.8. The quantitative estimate of drug-likeness (QED) is 0.677. The van der Waals surface area contributed by atoms with E-state index in [1.165, 1.54) is 0 Å². The van der Waals surface area contributed by atoms with E-state index in [1.807, 2.05) is 49.4 Å². The van der Waals surface area contributed by atoms with Crippen LogP contribution in [0.3, 0.4) is 0 Å². The molecular weight excluding hydrogens is 332 g/mol. The van der Waals surface area contributed by atoms with Crippen LogP contribution in [0.1, 0.15) is 24.4 Å². The number of rotatable bonds is 7. The molecule has 3 N–H and O–H groups in total. The molecule has 0 bridgehead atoms. The highest BCUT2D eigenvalue weighted by Crippen LogP contribution is 2.32. The molecule has 0 aliphatic rings. The number of aromatic amines is 1. The average Bonchev–Trinajstić information content (AvgIpc) is 3.18. The van der Waals surface area contributed by atoms with E-state index in [1.54, 1.807) is 14.2 Å². The van der Waals surface area contributed by atoms with Gasteiger partial charge in [0.1, 0.15) is 11.6 Å². The lowest BCUT2D eigenvalue weighted by Gasteiger charge is -2.13. The van der Waals surface area contributed by atoms with Crippen molar-refractivity contribution in [2.45, 2.75) is 13.0 Å². The monoisotopic (exact) mass is 354 g/mol. The Morgan fingerprint density at radius 2 is 1.81 bits per heavy atom.